The van der Waals surface area contributed by atoms with Crippen molar-refractivity contribution in [3.8, 4) is 0 Å². The van der Waals surface area contributed by atoms with E-state index in [-0.39, 0.29) is 0 Å². The smallest absolute Gasteiger partial charge is 0.00670 e. The van der Waals surface area contributed by atoms with Crippen molar-refractivity contribution in [2.24, 2.45) is 11.8 Å². The highest BCUT2D eigenvalue weighted by Crippen LogP contribution is 2.32. The minimum absolute atomic E-state index is 0.774. The highest BCUT2D eigenvalue weighted by Gasteiger charge is 2.27. The van der Waals surface area contributed by atoms with E-state index < -0.39 is 0 Å². The van der Waals surface area contributed by atoms with Gasteiger partial charge < -0.3 is 10.2 Å². The van der Waals surface area contributed by atoms with Gasteiger partial charge in [-0.3, -0.25) is 0 Å². The van der Waals surface area contributed by atoms with Gasteiger partial charge >= 0.3 is 0 Å². The molecule has 0 aromatic rings. The van der Waals surface area contributed by atoms with Crippen LogP contribution in [0, 0.1) is 11.8 Å². The van der Waals surface area contributed by atoms with Crippen LogP contribution in [0.2, 0.25) is 0 Å². The number of nitrogens with one attached hydrogen (secondary N) is 1. The third kappa shape index (κ3) is 3.76. The topological polar surface area (TPSA) is 15.3 Å². The normalized spacial score (nSPS) is 26.8. The number of nitrogens with zero attached hydrogens (tertiary/aromatic N) is 1. The number of rotatable bonds is 5. The Morgan fingerprint density at radius 3 is 2.47 bits per heavy atom. The van der Waals surface area contributed by atoms with Gasteiger partial charge in [0.15, 0.2) is 0 Å². The Bertz CT molecular complexity index is 181. The third-order valence-corrected chi connectivity index (χ3v) is 4.19. The van der Waals surface area contributed by atoms with Crippen LogP contribution in [0.4, 0.5) is 0 Å². The van der Waals surface area contributed by atoms with Crippen molar-refractivity contribution in [2.45, 2.75) is 45.1 Å². The standard InChI is InChI=1S/C13H26N2/c1-11(13-3-4-13)14-8-5-12-6-9-15(2)10-7-12/h11-14H,3-10H2,1-2H3. The van der Waals surface area contributed by atoms with Crippen LogP contribution < -0.4 is 5.32 Å². The first kappa shape index (κ1) is 11.4. The third-order valence-electron chi connectivity index (χ3n) is 4.19. The predicted octanol–water partition coefficient (Wildman–Crippen LogP) is 2.11. The zero-order chi connectivity index (χ0) is 10.7. The molecule has 0 aromatic carbocycles. The first-order valence-electron chi connectivity index (χ1n) is 6.67. The fraction of sp³-hybridized carbons (Fsp3) is 1.00. The molecule has 2 fully saturated rings. The number of hydrogen-bond donors (Lipinski definition) is 1. The van der Waals surface area contributed by atoms with Crippen molar-refractivity contribution in [3.05, 3.63) is 0 Å². The molecule has 1 saturated carbocycles. The molecule has 2 rings (SSSR count). The first-order valence-corrected chi connectivity index (χ1v) is 6.67. The summed E-state index contributed by atoms with van der Waals surface area (Å²) in [6.07, 6.45) is 7.14. The Kier molecular flexibility index (Phi) is 4.04. The summed E-state index contributed by atoms with van der Waals surface area (Å²) in [6.45, 7) is 6.21. The van der Waals surface area contributed by atoms with E-state index in [1.807, 2.05) is 0 Å². The van der Waals surface area contributed by atoms with Gasteiger partial charge in [-0.2, -0.15) is 0 Å². The van der Waals surface area contributed by atoms with E-state index >= 15 is 0 Å². The molecule has 0 radical (unpaired) electrons. The second kappa shape index (κ2) is 5.31. The second-order valence-electron chi connectivity index (χ2n) is 5.62. The van der Waals surface area contributed by atoms with Crippen LogP contribution in [0.3, 0.4) is 0 Å². The van der Waals surface area contributed by atoms with Crippen molar-refractivity contribution in [1.29, 1.82) is 0 Å². The highest BCUT2D eigenvalue weighted by molar-refractivity contribution is 4.83. The lowest BCUT2D eigenvalue weighted by Crippen LogP contribution is -2.34. The summed E-state index contributed by atoms with van der Waals surface area (Å²) in [7, 11) is 2.24. The van der Waals surface area contributed by atoms with Crippen molar-refractivity contribution in [3.63, 3.8) is 0 Å². The molecule has 15 heavy (non-hydrogen) atoms. The minimum Gasteiger partial charge on any atom is -0.314 e. The molecule has 0 amide bonds. The molecule has 88 valence electrons. The van der Waals surface area contributed by atoms with Crippen LogP contribution in [-0.4, -0.2) is 37.6 Å². The molecule has 0 spiro atoms. The Morgan fingerprint density at radius 1 is 1.20 bits per heavy atom. The Morgan fingerprint density at radius 2 is 1.87 bits per heavy atom. The SMILES string of the molecule is CC(NCCC1CCN(C)CC1)C1CC1. The Labute approximate surface area is 94.4 Å². The highest BCUT2D eigenvalue weighted by atomic mass is 15.1. The molecule has 2 aliphatic rings. The zero-order valence-electron chi connectivity index (χ0n) is 10.3. The van der Waals surface area contributed by atoms with Gasteiger partial charge in [0, 0.05) is 6.04 Å². The number of piperidine rings is 1. The Balaban J connectivity index is 1.53. The van der Waals surface area contributed by atoms with E-state index in [0.29, 0.717) is 0 Å². The number of likely N-dealkylation sites (tertiary alicyclic amines) is 1. The summed E-state index contributed by atoms with van der Waals surface area (Å²) >= 11 is 0. The molecule has 1 heterocycles. The molecule has 1 unspecified atom stereocenters. The largest absolute Gasteiger partial charge is 0.314 e. The van der Waals surface area contributed by atoms with E-state index in [1.54, 1.807) is 0 Å². The van der Waals surface area contributed by atoms with Crippen molar-refractivity contribution < 1.29 is 0 Å². The lowest BCUT2D eigenvalue weighted by Gasteiger charge is -2.29. The van der Waals surface area contributed by atoms with Gasteiger partial charge in [0.1, 0.15) is 0 Å². The summed E-state index contributed by atoms with van der Waals surface area (Å²) in [5.74, 6) is 1.99. The molecule has 2 nitrogen and oxygen atoms in total. The maximum atomic E-state index is 3.69. The summed E-state index contributed by atoms with van der Waals surface area (Å²) in [4.78, 5) is 2.46. The van der Waals surface area contributed by atoms with Gasteiger partial charge in [0.2, 0.25) is 0 Å². The fourth-order valence-electron chi connectivity index (χ4n) is 2.63. The van der Waals surface area contributed by atoms with E-state index in [9.17, 15) is 0 Å². The molecule has 1 saturated heterocycles. The van der Waals surface area contributed by atoms with Crippen LogP contribution in [0.5, 0.6) is 0 Å². The maximum absolute atomic E-state index is 3.69. The van der Waals surface area contributed by atoms with Crippen molar-refractivity contribution in [2.75, 3.05) is 26.7 Å². The van der Waals surface area contributed by atoms with Crippen molar-refractivity contribution >= 4 is 0 Å². The van der Waals surface area contributed by atoms with Gasteiger partial charge in [-0.25, -0.2) is 0 Å². The molecule has 1 aliphatic heterocycles. The molecule has 0 aromatic heterocycles. The fourth-order valence-corrected chi connectivity index (χ4v) is 2.63. The van der Waals surface area contributed by atoms with Crippen LogP contribution >= 0.6 is 0 Å². The maximum Gasteiger partial charge on any atom is 0.00670 e. The van der Waals surface area contributed by atoms with E-state index in [2.05, 4.69) is 24.2 Å². The minimum atomic E-state index is 0.774. The molecule has 1 N–H and O–H groups in total. The molecule has 2 heteroatoms. The lowest BCUT2D eigenvalue weighted by molar-refractivity contribution is 0.210. The van der Waals surface area contributed by atoms with Crippen molar-refractivity contribution in [1.82, 2.24) is 10.2 Å². The van der Waals surface area contributed by atoms with Gasteiger partial charge in [0.25, 0.3) is 0 Å². The lowest BCUT2D eigenvalue weighted by atomic mass is 9.94. The average Bonchev–Trinajstić information content (AvgIpc) is 3.04. The summed E-state index contributed by atoms with van der Waals surface area (Å²) < 4.78 is 0. The number of hydrogen-bond acceptors (Lipinski definition) is 2. The second-order valence-corrected chi connectivity index (χ2v) is 5.62. The van der Waals surface area contributed by atoms with Gasteiger partial charge in [-0.05, 0) is 77.5 Å². The monoisotopic (exact) mass is 210 g/mol. The van der Waals surface area contributed by atoms with Crippen LogP contribution in [-0.2, 0) is 0 Å². The summed E-state index contributed by atoms with van der Waals surface area (Å²) in [5, 5.41) is 3.69. The first-order chi connectivity index (χ1) is 7.25. The van der Waals surface area contributed by atoms with Crippen LogP contribution in [0.25, 0.3) is 0 Å². The van der Waals surface area contributed by atoms with Crippen LogP contribution in [0.15, 0.2) is 0 Å². The van der Waals surface area contributed by atoms with E-state index in [1.165, 1.54) is 51.7 Å². The molecular weight excluding hydrogens is 184 g/mol. The van der Waals surface area contributed by atoms with Gasteiger partial charge in [-0.15, -0.1) is 0 Å². The molecule has 1 atom stereocenters. The van der Waals surface area contributed by atoms with Gasteiger partial charge in [0.05, 0.1) is 0 Å². The zero-order valence-corrected chi connectivity index (χ0v) is 10.3. The predicted molar refractivity (Wildman–Crippen MR) is 65.0 cm³/mol. The quantitative estimate of drug-likeness (QED) is 0.747. The Hall–Kier alpha value is -0.0800. The van der Waals surface area contributed by atoms with E-state index in [4.69, 9.17) is 0 Å². The molecular formula is C13H26N2. The summed E-state index contributed by atoms with van der Waals surface area (Å²) in [5.41, 5.74) is 0. The molecule has 0 bridgehead atoms. The van der Waals surface area contributed by atoms with Gasteiger partial charge in [-0.1, -0.05) is 0 Å². The summed E-state index contributed by atoms with van der Waals surface area (Å²) in [6, 6.07) is 0.774. The molecule has 1 aliphatic carbocycles. The van der Waals surface area contributed by atoms with Crippen LogP contribution in [0.1, 0.15) is 39.0 Å². The van der Waals surface area contributed by atoms with E-state index in [0.717, 1.165) is 17.9 Å². The average molecular weight is 210 g/mol.